The lowest BCUT2D eigenvalue weighted by Crippen LogP contribution is -2.02. The maximum Gasteiger partial charge on any atom is 0.252 e. The Kier molecular flexibility index (Phi) is 2.28. The van der Waals surface area contributed by atoms with E-state index in [0.29, 0.717) is 30.5 Å². The van der Waals surface area contributed by atoms with E-state index in [1.807, 2.05) is 0 Å². The molecule has 74 valence electrons. The molecule has 0 aliphatic carbocycles. The van der Waals surface area contributed by atoms with Crippen molar-refractivity contribution in [2.24, 2.45) is 5.73 Å². The zero-order valence-corrected chi connectivity index (χ0v) is 7.73. The lowest BCUT2D eigenvalue weighted by atomic mass is 10.3. The Morgan fingerprint density at radius 1 is 1.43 bits per heavy atom. The second-order valence-corrected chi connectivity index (χ2v) is 2.84. The molecule has 2 heterocycles. The quantitative estimate of drug-likeness (QED) is 0.766. The summed E-state index contributed by atoms with van der Waals surface area (Å²) in [6, 6.07) is 0. The van der Waals surface area contributed by atoms with E-state index in [4.69, 9.17) is 14.7 Å². The highest BCUT2D eigenvalue weighted by atomic mass is 16.5. The summed E-state index contributed by atoms with van der Waals surface area (Å²) in [4.78, 5) is 0. The van der Waals surface area contributed by atoms with Gasteiger partial charge in [-0.15, -0.1) is 10.2 Å². The summed E-state index contributed by atoms with van der Waals surface area (Å²) < 4.78 is 10.2. The molecule has 0 saturated heterocycles. The zero-order valence-electron chi connectivity index (χ0n) is 7.73. The SMILES string of the molecule is Cc1oncc1-c1nnc(CCN)o1. The Labute approximate surface area is 80.1 Å². The number of hydrogen-bond donors (Lipinski definition) is 1. The van der Waals surface area contributed by atoms with Gasteiger partial charge < -0.3 is 14.7 Å². The predicted octanol–water partition coefficient (Wildman–Crippen LogP) is 0.534. The highest BCUT2D eigenvalue weighted by Gasteiger charge is 2.13. The van der Waals surface area contributed by atoms with E-state index in [1.165, 1.54) is 0 Å². The summed E-state index contributed by atoms with van der Waals surface area (Å²) >= 11 is 0. The van der Waals surface area contributed by atoms with Crippen LogP contribution < -0.4 is 5.73 Å². The highest BCUT2D eigenvalue weighted by Crippen LogP contribution is 2.20. The highest BCUT2D eigenvalue weighted by molar-refractivity contribution is 5.52. The molecular weight excluding hydrogens is 184 g/mol. The fourth-order valence-electron chi connectivity index (χ4n) is 1.09. The van der Waals surface area contributed by atoms with Gasteiger partial charge in [0.25, 0.3) is 5.89 Å². The minimum atomic E-state index is 0.423. The van der Waals surface area contributed by atoms with E-state index in [1.54, 1.807) is 13.1 Å². The third-order valence-electron chi connectivity index (χ3n) is 1.81. The molecule has 0 spiro atoms. The van der Waals surface area contributed by atoms with Crippen molar-refractivity contribution in [3.05, 3.63) is 17.8 Å². The molecule has 2 N–H and O–H groups in total. The Hall–Kier alpha value is -1.69. The lowest BCUT2D eigenvalue weighted by molar-refractivity contribution is 0.397. The first-order valence-electron chi connectivity index (χ1n) is 4.25. The number of nitrogens with zero attached hydrogens (tertiary/aromatic N) is 3. The van der Waals surface area contributed by atoms with E-state index in [-0.39, 0.29) is 0 Å². The zero-order chi connectivity index (χ0) is 9.97. The number of aryl methyl sites for hydroxylation is 1. The van der Waals surface area contributed by atoms with Gasteiger partial charge in [0.15, 0.2) is 0 Å². The molecule has 2 aromatic rings. The topological polar surface area (TPSA) is 91.0 Å². The summed E-state index contributed by atoms with van der Waals surface area (Å²) in [5.74, 6) is 1.61. The molecule has 2 rings (SSSR count). The first-order chi connectivity index (χ1) is 6.81. The van der Waals surface area contributed by atoms with Gasteiger partial charge in [0.05, 0.1) is 6.20 Å². The van der Waals surface area contributed by atoms with Crippen LogP contribution in [-0.4, -0.2) is 21.9 Å². The van der Waals surface area contributed by atoms with Crippen molar-refractivity contribution in [3.8, 4) is 11.5 Å². The summed E-state index contributed by atoms with van der Waals surface area (Å²) in [6.45, 7) is 2.28. The molecule has 0 saturated carbocycles. The molecule has 2 aromatic heterocycles. The van der Waals surface area contributed by atoms with Gasteiger partial charge in [0.2, 0.25) is 5.89 Å². The van der Waals surface area contributed by atoms with Crippen LogP contribution in [0, 0.1) is 6.92 Å². The summed E-state index contributed by atoms with van der Waals surface area (Å²) in [6.07, 6.45) is 2.13. The van der Waals surface area contributed by atoms with Crippen molar-refractivity contribution in [3.63, 3.8) is 0 Å². The van der Waals surface area contributed by atoms with E-state index in [9.17, 15) is 0 Å². The standard InChI is InChI=1S/C8H10N4O2/c1-5-6(4-10-14-5)8-12-11-7(13-8)2-3-9/h4H,2-3,9H2,1H3. The second-order valence-electron chi connectivity index (χ2n) is 2.84. The lowest BCUT2D eigenvalue weighted by Gasteiger charge is -1.88. The van der Waals surface area contributed by atoms with Crippen LogP contribution in [0.25, 0.3) is 11.5 Å². The fourth-order valence-corrected chi connectivity index (χ4v) is 1.09. The summed E-state index contributed by atoms with van der Waals surface area (Å²) in [5, 5.41) is 11.3. The van der Waals surface area contributed by atoms with Crippen LogP contribution in [0.1, 0.15) is 11.7 Å². The molecule has 6 nitrogen and oxygen atoms in total. The molecule has 0 aliphatic rings. The molecule has 0 bridgehead atoms. The maximum absolute atomic E-state index is 5.36. The van der Waals surface area contributed by atoms with Crippen LogP contribution in [0.2, 0.25) is 0 Å². The number of nitrogens with two attached hydrogens (primary N) is 1. The molecule has 14 heavy (non-hydrogen) atoms. The largest absolute Gasteiger partial charge is 0.420 e. The smallest absolute Gasteiger partial charge is 0.252 e. The Morgan fingerprint density at radius 3 is 2.93 bits per heavy atom. The average molecular weight is 194 g/mol. The van der Waals surface area contributed by atoms with Crippen LogP contribution in [0.5, 0.6) is 0 Å². The van der Waals surface area contributed by atoms with Gasteiger partial charge >= 0.3 is 0 Å². The van der Waals surface area contributed by atoms with Crippen LogP contribution in [0.3, 0.4) is 0 Å². The summed E-state index contributed by atoms with van der Waals surface area (Å²) in [7, 11) is 0. The van der Waals surface area contributed by atoms with E-state index in [0.717, 1.165) is 5.56 Å². The molecular formula is C8H10N4O2. The predicted molar refractivity (Wildman–Crippen MR) is 47.3 cm³/mol. The first-order valence-corrected chi connectivity index (χ1v) is 4.25. The fraction of sp³-hybridized carbons (Fsp3) is 0.375. The van der Waals surface area contributed by atoms with Crippen LogP contribution in [0.15, 0.2) is 15.1 Å². The van der Waals surface area contributed by atoms with Crippen molar-refractivity contribution >= 4 is 0 Å². The van der Waals surface area contributed by atoms with Gasteiger partial charge in [-0.05, 0) is 6.92 Å². The van der Waals surface area contributed by atoms with Crippen molar-refractivity contribution in [1.29, 1.82) is 0 Å². The van der Waals surface area contributed by atoms with Gasteiger partial charge in [0, 0.05) is 13.0 Å². The number of hydrogen-bond acceptors (Lipinski definition) is 6. The third-order valence-corrected chi connectivity index (χ3v) is 1.81. The minimum absolute atomic E-state index is 0.423. The van der Waals surface area contributed by atoms with Gasteiger partial charge in [-0.3, -0.25) is 0 Å². The molecule has 0 fully saturated rings. The number of aromatic nitrogens is 3. The van der Waals surface area contributed by atoms with Gasteiger partial charge in [-0.1, -0.05) is 5.16 Å². The van der Waals surface area contributed by atoms with E-state index >= 15 is 0 Å². The first kappa shape index (κ1) is 8.89. The normalized spacial score (nSPS) is 10.7. The van der Waals surface area contributed by atoms with Crippen molar-refractivity contribution < 1.29 is 8.94 Å². The van der Waals surface area contributed by atoms with Crippen molar-refractivity contribution in [1.82, 2.24) is 15.4 Å². The molecule has 0 aromatic carbocycles. The number of rotatable bonds is 3. The van der Waals surface area contributed by atoms with Gasteiger partial charge in [0.1, 0.15) is 11.3 Å². The minimum Gasteiger partial charge on any atom is -0.420 e. The molecule has 0 atom stereocenters. The monoisotopic (exact) mass is 194 g/mol. The molecule has 0 amide bonds. The maximum atomic E-state index is 5.36. The average Bonchev–Trinajstić information content (AvgIpc) is 2.74. The Balaban J connectivity index is 2.29. The third kappa shape index (κ3) is 1.51. The van der Waals surface area contributed by atoms with Gasteiger partial charge in [-0.2, -0.15) is 0 Å². The van der Waals surface area contributed by atoms with Gasteiger partial charge in [-0.25, -0.2) is 0 Å². The molecule has 0 unspecified atom stereocenters. The molecule has 0 radical (unpaired) electrons. The second kappa shape index (κ2) is 3.59. The van der Waals surface area contributed by atoms with Crippen LogP contribution in [-0.2, 0) is 6.42 Å². The van der Waals surface area contributed by atoms with Crippen LogP contribution in [0.4, 0.5) is 0 Å². The Morgan fingerprint density at radius 2 is 2.29 bits per heavy atom. The molecule has 0 aliphatic heterocycles. The molecule has 6 heteroatoms. The van der Waals surface area contributed by atoms with E-state index in [2.05, 4.69) is 15.4 Å². The van der Waals surface area contributed by atoms with Crippen molar-refractivity contribution in [2.75, 3.05) is 6.54 Å². The summed E-state index contributed by atoms with van der Waals surface area (Å²) in [5.41, 5.74) is 6.08. The van der Waals surface area contributed by atoms with E-state index < -0.39 is 0 Å². The van der Waals surface area contributed by atoms with Crippen molar-refractivity contribution in [2.45, 2.75) is 13.3 Å². The Bertz CT molecular complexity index is 420. The van der Waals surface area contributed by atoms with Crippen LogP contribution >= 0.6 is 0 Å².